The van der Waals surface area contributed by atoms with Crippen LogP contribution in [-0.2, 0) is 0 Å². The Morgan fingerprint density at radius 1 is 0.478 bits per heavy atom. The zero-order valence-corrected chi connectivity index (χ0v) is 25.0. The SMILES string of the molecule is c1ccc(-c2ccccc2N(c2ccc(-c3cccc4ccccc34)cc2)c2c3cccnc3cc3c2oc2ccccc23)cc1. The highest BCUT2D eigenvalue weighted by Gasteiger charge is 2.25. The first kappa shape index (κ1) is 26.2. The average Bonchev–Trinajstić information content (AvgIpc) is 3.50. The lowest BCUT2D eigenvalue weighted by molar-refractivity contribution is 0.669. The number of pyridine rings is 1. The van der Waals surface area contributed by atoms with Crippen LogP contribution in [0.3, 0.4) is 0 Å². The molecule has 0 aliphatic carbocycles. The van der Waals surface area contributed by atoms with Gasteiger partial charge in [-0.3, -0.25) is 4.98 Å². The van der Waals surface area contributed by atoms with Crippen molar-refractivity contribution in [2.24, 2.45) is 0 Å². The third-order valence-corrected chi connectivity index (χ3v) is 8.90. The summed E-state index contributed by atoms with van der Waals surface area (Å²) in [7, 11) is 0. The van der Waals surface area contributed by atoms with Crippen LogP contribution in [0.5, 0.6) is 0 Å². The van der Waals surface area contributed by atoms with Crippen molar-refractivity contribution in [3.63, 3.8) is 0 Å². The number of para-hydroxylation sites is 2. The highest BCUT2D eigenvalue weighted by molar-refractivity contribution is 6.19. The maximum atomic E-state index is 6.73. The van der Waals surface area contributed by atoms with Crippen molar-refractivity contribution >= 4 is 60.7 Å². The lowest BCUT2D eigenvalue weighted by Gasteiger charge is -2.29. The molecule has 0 N–H and O–H groups in total. The number of furan rings is 1. The van der Waals surface area contributed by atoms with Gasteiger partial charge in [-0.15, -0.1) is 0 Å². The number of benzene rings is 7. The largest absolute Gasteiger partial charge is 0.454 e. The lowest BCUT2D eigenvalue weighted by atomic mass is 9.97. The Hall–Kier alpha value is -6.19. The van der Waals surface area contributed by atoms with E-state index in [-0.39, 0.29) is 0 Å². The van der Waals surface area contributed by atoms with Crippen molar-refractivity contribution in [2.75, 3.05) is 4.90 Å². The fourth-order valence-electron chi connectivity index (χ4n) is 6.78. The van der Waals surface area contributed by atoms with E-state index in [0.717, 1.165) is 61.0 Å². The smallest absolute Gasteiger partial charge is 0.160 e. The first-order valence-corrected chi connectivity index (χ1v) is 15.6. The Morgan fingerprint density at radius 2 is 1.15 bits per heavy atom. The van der Waals surface area contributed by atoms with Crippen LogP contribution in [0.25, 0.3) is 65.9 Å². The van der Waals surface area contributed by atoms with Crippen LogP contribution < -0.4 is 4.90 Å². The molecule has 0 atom stereocenters. The molecule has 2 aromatic heterocycles. The van der Waals surface area contributed by atoms with Gasteiger partial charge < -0.3 is 9.32 Å². The summed E-state index contributed by atoms with van der Waals surface area (Å²) in [4.78, 5) is 7.19. The van der Waals surface area contributed by atoms with Crippen LogP contribution in [0, 0.1) is 0 Å². The molecule has 3 nitrogen and oxygen atoms in total. The topological polar surface area (TPSA) is 29.3 Å². The second-order valence-corrected chi connectivity index (χ2v) is 11.6. The number of aromatic nitrogens is 1. The van der Waals surface area contributed by atoms with E-state index in [9.17, 15) is 0 Å². The first-order valence-electron chi connectivity index (χ1n) is 15.6. The summed E-state index contributed by atoms with van der Waals surface area (Å²) in [5.41, 5.74) is 10.3. The van der Waals surface area contributed by atoms with E-state index >= 15 is 0 Å². The Balaban J connectivity index is 1.34. The molecule has 0 saturated heterocycles. The average molecular weight is 589 g/mol. The van der Waals surface area contributed by atoms with Gasteiger partial charge in [-0.2, -0.15) is 0 Å². The van der Waals surface area contributed by atoms with Crippen LogP contribution in [-0.4, -0.2) is 4.98 Å². The maximum absolute atomic E-state index is 6.73. The highest BCUT2D eigenvalue weighted by Crippen LogP contribution is 2.48. The molecule has 3 heteroatoms. The number of rotatable bonds is 5. The molecule has 0 unspecified atom stereocenters. The summed E-state index contributed by atoms with van der Waals surface area (Å²) in [5.74, 6) is 0. The van der Waals surface area contributed by atoms with Gasteiger partial charge in [-0.05, 0) is 69.9 Å². The molecule has 0 radical (unpaired) electrons. The number of anilines is 3. The second kappa shape index (κ2) is 10.8. The standard InChI is InChI=1S/C43H28N2O/c1-2-12-30(13-3-1)35-17-6-8-21-40(35)45(32-25-23-31(24-26-32)34-19-10-15-29-14-4-5-16-33(29)34)42-37-20-11-27-44-39(37)28-38-36-18-7-9-22-41(36)46-43(38)42/h1-28H. The predicted octanol–water partition coefficient (Wildman–Crippen LogP) is 12.1. The van der Waals surface area contributed by atoms with Gasteiger partial charge in [0.25, 0.3) is 0 Å². The highest BCUT2D eigenvalue weighted by atomic mass is 16.3. The third-order valence-electron chi connectivity index (χ3n) is 8.90. The minimum atomic E-state index is 0.836. The van der Waals surface area contributed by atoms with Gasteiger partial charge in [0, 0.05) is 33.6 Å². The molecule has 9 aromatic rings. The lowest BCUT2D eigenvalue weighted by Crippen LogP contribution is -2.12. The number of nitrogens with zero attached hydrogens (tertiary/aromatic N) is 2. The van der Waals surface area contributed by atoms with Gasteiger partial charge in [-0.25, -0.2) is 0 Å². The minimum absolute atomic E-state index is 0.836. The van der Waals surface area contributed by atoms with Crippen LogP contribution in [0.2, 0.25) is 0 Å². The molecule has 0 amide bonds. The zero-order valence-electron chi connectivity index (χ0n) is 25.0. The Morgan fingerprint density at radius 3 is 2.04 bits per heavy atom. The van der Waals surface area contributed by atoms with E-state index in [1.807, 2.05) is 24.4 Å². The quantitative estimate of drug-likeness (QED) is 0.200. The van der Waals surface area contributed by atoms with Crippen molar-refractivity contribution in [1.82, 2.24) is 4.98 Å². The molecule has 216 valence electrons. The van der Waals surface area contributed by atoms with E-state index in [1.165, 1.54) is 21.9 Å². The van der Waals surface area contributed by atoms with Gasteiger partial charge in [0.2, 0.25) is 0 Å². The van der Waals surface area contributed by atoms with Gasteiger partial charge >= 0.3 is 0 Å². The second-order valence-electron chi connectivity index (χ2n) is 11.6. The summed E-state index contributed by atoms with van der Waals surface area (Å²) in [6.07, 6.45) is 1.86. The van der Waals surface area contributed by atoms with Crippen LogP contribution >= 0.6 is 0 Å². The van der Waals surface area contributed by atoms with Crippen LogP contribution in [0.15, 0.2) is 174 Å². The molecular formula is C43H28N2O. The van der Waals surface area contributed by atoms with E-state index < -0.39 is 0 Å². The number of fused-ring (bicyclic) bond motifs is 5. The molecule has 0 aliphatic rings. The molecule has 0 aliphatic heterocycles. The molecular weight excluding hydrogens is 560 g/mol. The third kappa shape index (κ3) is 4.25. The predicted molar refractivity (Wildman–Crippen MR) is 192 cm³/mol. The van der Waals surface area contributed by atoms with Crippen molar-refractivity contribution in [1.29, 1.82) is 0 Å². The molecule has 0 spiro atoms. The summed E-state index contributed by atoms with van der Waals surface area (Å²) in [5, 5.41) is 5.63. The summed E-state index contributed by atoms with van der Waals surface area (Å²) in [6.45, 7) is 0. The van der Waals surface area contributed by atoms with Gasteiger partial charge in [0.15, 0.2) is 5.58 Å². The number of hydrogen-bond acceptors (Lipinski definition) is 3. The fourth-order valence-corrected chi connectivity index (χ4v) is 6.78. The van der Waals surface area contributed by atoms with E-state index in [4.69, 9.17) is 9.40 Å². The summed E-state index contributed by atoms with van der Waals surface area (Å²) >= 11 is 0. The molecule has 0 saturated carbocycles. The maximum Gasteiger partial charge on any atom is 0.160 e. The van der Waals surface area contributed by atoms with Crippen molar-refractivity contribution in [2.45, 2.75) is 0 Å². The molecule has 46 heavy (non-hydrogen) atoms. The molecule has 2 heterocycles. The summed E-state index contributed by atoms with van der Waals surface area (Å²) in [6, 6.07) is 57.7. The zero-order chi connectivity index (χ0) is 30.5. The van der Waals surface area contributed by atoms with Crippen molar-refractivity contribution in [3.8, 4) is 22.3 Å². The van der Waals surface area contributed by atoms with Crippen LogP contribution in [0.4, 0.5) is 17.1 Å². The Kier molecular flexibility index (Phi) is 6.14. The van der Waals surface area contributed by atoms with Gasteiger partial charge in [0.05, 0.1) is 16.9 Å². The van der Waals surface area contributed by atoms with E-state index in [0.29, 0.717) is 0 Å². The van der Waals surface area contributed by atoms with Crippen molar-refractivity contribution in [3.05, 3.63) is 170 Å². The van der Waals surface area contributed by atoms with E-state index in [1.54, 1.807) is 0 Å². The molecule has 0 bridgehead atoms. The fraction of sp³-hybridized carbons (Fsp3) is 0. The first-order chi connectivity index (χ1) is 22.8. The van der Waals surface area contributed by atoms with Gasteiger partial charge in [-0.1, -0.05) is 121 Å². The van der Waals surface area contributed by atoms with E-state index in [2.05, 4.69) is 150 Å². The van der Waals surface area contributed by atoms with Crippen LogP contribution in [0.1, 0.15) is 0 Å². The Bertz CT molecular complexity index is 2530. The normalized spacial score (nSPS) is 11.5. The monoisotopic (exact) mass is 588 g/mol. The molecule has 9 rings (SSSR count). The molecule has 0 fully saturated rings. The molecule has 7 aromatic carbocycles. The van der Waals surface area contributed by atoms with Gasteiger partial charge in [0.1, 0.15) is 5.58 Å². The minimum Gasteiger partial charge on any atom is -0.454 e. The Labute approximate surface area is 266 Å². The van der Waals surface area contributed by atoms with Crippen molar-refractivity contribution < 1.29 is 4.42 Å². The number of hydrogen-bond donors (Lipinski definition) is 0. The summed E-state index contributed by atoms with van der Waals surface area (Å²) < 4.78 is 6.73.